The summed E-state index contributed by atoms with van der Waals surface area (Å²) in [5.74, 6) is 0.113. The number of allylic oxidation sites excluding steroid dienone is 1. The number of nitrogens with zero attached hydrogens (tertiary/aromatic N) is 4. The molecular weight excluding hydrogens is 542 g/mol. The first-order valence-electron chi connectivity index (χ1n) is 13.1. The number of aromatic hydroxyl groups is 2. The summed E-state index contributed by atoms with van der Waals surface area (Å²) in [5.41, 5.74) is 1.77. The maximum atomic E-state index is 14.3. The van der Waals surface area contributed by atoms with Gasteiger partial charge in [0.05, 0.1) is 42.3 Å². The molecule has 0 saturated heterocycles. The van der Waals surface area contributed by atoms with E-state index in [1.807, 2.05) is 6.07 Å². The Morgan fingerprint density at radius 2 is 1.81 bits per heavy atom. The monoisotopic (exact) mass is 567 g/mol. The lowest BCUT2D eigenvalue weighted by Crippen LogP contribution is -2.36. The third kappa shape index (κ3) is 2.98. The van der Waals surface area contributed by atoms with Crippen molar-refractivity contribution in [1.82, 2.24) is 24.7 Å². The summed E-state index contributed by atoms with van der Waals surface area (Å²) in [6.45, 7) is 6.12. The molecule has 0 radical (unpaired) electrons. The summed E-state index contributed by atoms with van der Waals surface area (Å²) < 4.78 is 18.6. The molecule has 1 aliphatic carbocycles. The van der Waals surface area contributed by atoms with Crippen molar-refractivity contribution in [2.24, 2.45) is 0 Å². The van der Waals surface area contributed by atoms with E-state index in [4.69, 9.17) is 19.3 Å². The van der Waals surface area contributed by atoms with E-state index in [9.17, 15) is 19.8 Å². The van der Waals surface area contributed by atoms with E-state index in [2.05, 4.69) is 15.0 Å². The number of phenolic OH excluding ortho intramolecular Hbond substituents is 2. The standard InChI is InChI=1S/C30H25N5O7/c1-11-25(37)21(13(3)36)27-22(26(11)38)30(4)19(42-27)9-16-20(28(30)39)12(2)34-35(16)29-24-23(31-10-32-29)14-7-17(40-5)18(41-6)8-15(14)33-24/h7-10,33,37-38H,1-6H3/t30-/m0/s1. The van der Waals surface area contributed by atoms with Gasteiger partial charge in [0, 0.05) is 23.1 Å². The number of ether oxygens (including phenoxy) is 3. The van der Waals surface area contributed by atoms with Crippen molar-refractivity contribution >= 4 is 39.6 Å². The summed E-state index contributed by atoms with van der Waals surface area (Å²) in [7, 11) is 3.11. The lowest BCUT2D eigenvalue weighted by Gasteiger charge is -2.27. The van der Waals surface area contributed by atoms with Crippen LogP contribution < -0.4 is 14.2 Å². The molecule has 0 saturated carbocycles. The molecule has 2 aromatic carbocycles. The third-order valence-electron chi connectivity index (χ3n) is 8.31. The molecule has 0 fully saturated rings. The Morgan fingerprint density at radius 1 is 1.10 bits per heavy atom. The first kappa shape index (κ1) is 25.6. The molecule has 2 aliphatic rings. The molecule has 7 rings (SSSR count). The number of benzene rings is 2. The number of hydrogen-bond acceptors (Lipinski definition) is 10. The molecule has 5 aromatic rings. The number of nitrogens with one attached hydrogen (secondary N) is 1. The number of aromatic amines is 1. The Morgan fingerprint density at radius 3 is 2.50 bits per heavy atom. The largest absolute Gasteiger partial charge is 0.507 e. The molecule has 0 bridgehead atoms. The number of Topliss-reactive ketones (excluding diaryl/α,β-unsaturated/α-hetero) is 2. The summed E-state index contributed by atoms with van der Waals surface area (Å²) in [4.78, 5) is 39.2. The molecule has 0 unspecified atom stereocenters. The first-order valence-corrected chi connectivity index (χ1v) is 13.1. The highest BCUT2D eigenvalue weighted by Gasteiger charge is 2.55. The van der Waals surface area contributed by atoms with Crippen molar-refractivity contribution in [3.63, 3.8) is 0 Å². The van der Waals surface area contributed by atoms with E-state index in [-0.39, 0.29) is 45.5 Å². The quantitative estimate of drug-likeness (QED) is 0.265. The third-order valence-corrected chi connectivity index (χ3v) is 8.31. The SMILES string of the molecule is COc1cc2[nH]c3c(-n4nc(C)c5c4C=C4Oc6c(C(C)=O)c(O)c(C)c(O)c6[C@@]4(C)C5=O)ncnc3c2cc1OC. The van der Waals surface area contributed by atoms with Gasteiger partial charge in [-0.25, -0.2) is 14.6 Å². The average molecular weight is 568 g/mol. The Balaban J connectivity index is 1.47. The molecule has 12 nitrogen and oxygen atoms in total. The zero-order valence-corrected chi connectivity index (χ0v) is 23.5. The predicted octanol–water partition coefficient (Wildman–Crippen LogP) is 4.43. The zero-order valence-electron chi connectivity index (χ0n) is 23.5. The number of H-pyrrole nitrogens is 1. The van der Waals surface area contributed by atoms with Crippen LogP contribution in [0.5, 0.6) is 28.7 Å². The van der Waals surface area contributed by atoms with Crippen molar-refractivity contribution in [2.75, 3.05) is 14.2 Å². The molecule has 4 heterocycles. The Bertz CT molecular complexity index is 2110. The minimum absolute atomic E-state index is 0.0320. The van der Waals surface area contributed by atoms with Crippen LogP contribution in [0.4, 0.5) is 0 Å². The Labute approximate surface area is 238 Å². The zero-order chi connectivity index (χ0) is 29.8. The summed E-state index contributed by atoms with van der Waals surface area (Å²) >= 11 is 0. The van der Waals surface area contributed by atoms with Gasteiger partial charge in [0.2, 0.25) is 0 Å². The second kappa shape index (κ2) is 8.32. The maximum Gasteiger partial charge on any atom is 0.185 e. The van der Waals surface area contributed by atoms with Crippen LogP contribution in [0.3, 0.4) is 0 Å². The lowest BCUT2D eigenvalue weighted by molar-refractivity contribution is 0.0905. The van der Waals surface area contributed by atoms with Gasteiger partial charge in [-0.3, -0.25) is 9.59 Å². The highest BCUT2D eigenvalue weighted by molar-refractivity contribution is 6.15. The number of carbonyl (C=O) groups is 2. The second-order valence-corrected chi connectivity index (χ2v) is 10.6. The van der Waals surface area contributed by atoms with E-state index in [0.29, 0.717) is 45.3 Å². The molecular formula is C30H25N5O7. The molecule has 3 aromatic heterocycles. The van der Waals surface area contributed by atoms with Crippen molar-refractivity contribution in [3.8, 4) is 34.6 Å². The van der Waals surface area contributed by atoms with E-state index < -0.39 is 11.2 Å². The molecule has 3 N–H and O–H groups in total. The van der Waals surface area contributed by atoms with E-state index in [1.165, 1.54) is 20.2 Å². The van der Waals surface area contributed by atoms with Gasteiger partial charge in [-0.15, -0.1) is 0 Å². The van der Waals surface area contributed by atoms with Gasteiger partial charge in [-0.2, -0.15) is 5.10 Å². The first-order chi connectivity index (χ1) is 20.0. The van der Waals surface area contributed by atoms with Crippen LogP contribution in [-0.4, -0.2) is 60.7 Å². The van der Waals surface area contributed by atoms with Crippen molar-refractivity contribution < 1.29 is 34.0 Å². The minimum atomic E-state index is -1.46. The van der Waals surface area contributed by atoms with Gasteiger partial charge in [-0.1, -0.05) is 0 Å². The maximum absolute atomic E-state index is 14.3. The molecule has 212 valence electrons. The van der Waals surface area contributed by atoms with Gasteiger partial charge in [0.25, 0.3) is 0 Å². The van der Waals surface area contributed by atoms with Gasteiger partial charge >= 0.3 is 0 Å². The normalized spacial score (nSPS) is 17.1. The number of carbonyl (C=O) groups excluding carboxylic acids is 2. The van der Waals surface area contributed by atoms with Crippen molar-refractivity contribution in [2.45, 2.75) is 33.1 Å². The van der Waals surface area contributed by atoms with E-state index in [0.717, 1.165) is 10.9 Å². The topological polar surface area (TPSA) is 162 Å². The fraction of sp³-hybridized carbons (Fsp3) is 0.233. The number of rotatable bonds is 4. The van der Waals surface area contributed by atoms with Gasteiger partial charge in [0.1, 0.15) is 51.3 Å². The average Bonchev–Trinajstić information content (AvgIpc) is 3.60. The highest BCUT2D eigenvalue weighted by atomic mass is 16.5. The highest BCUT2D eigenvalue weighted by Crippen LogP contribution is 2.58. The fourth-order valence-electron chi connectivity index (χ4n) is 6.12. The summed E-state index contributed by atoms with van der Waals surface area (Å²) in [6, 6.07) is 3.63. The van der Waals surface area contributed by atoms with Gasteiger partial charge in [0.15, 0.2) is 28.9 Å². The van der Waals surface area contributed by atoms with Crippen LogP contribution in [-0.2, 0) is 5.41 Å². The van der Waals surface area contributed by atoms with Crippen LogP contribution in [0.2, 0.25) is 0 Å². The molecule has 1 atom stereocenters. The van der Waals surface area contributed by atoms with Crippen molar-refractivity contribution in [1.29, 1.82) is 0 Å². The van der Waals surface area contributed by atoms with Crippen LogP contribution >= 0.6 is 0 Å². The van der Waals surface area contributed by atoms with Crippen LogP contribution in [0.15, 0.2) is 24.2 Å². The van der Waals surface area contributed by atoms with E-state index in [1.54, 1.807) is 44.9 Å². The van der Waals surface area contributed by atoms with Crippen LogP contribution in [0.1, 0.15) is 57.1 Å². The Kier molecular flexibility index (Phi) is 5.06. The number of methoxy groups -OCH3 is 2. The molecule has 0 amide bonds. The van der Waals surface area contributed by atoms with Gasteiger partial charge in [-0.05, 0) is 33.8 Å². The summed E-state index contributed by atoms with van der Waals surface area (Å²) in [6.07, 6.45) is 3.08. The molecule has 0 spiro atoms. The summed E-state index contributed by atoms with van der Waals surface area (Å²) in [5, 5.41) is 27.3. The number of aryl methyl sites for hydroxylation is 1. The second-order valence-electron chi connectivity index (χ2n) is 10.6. The number of fused-ring (bicyclic) bond motifs is 7. The molecule has 12 heteroatoms. The van der Waals surface area contributed by atoms with Gasteiger partial charge < -0.3 is 29.4 Å². The smallest absolute Gasteiger partial charge is 0.185 e. The molecule has 1 aliphatic heterocycles. The Hall–Kier alpha value is -5.39. The number of aromatic nitrogens is 5. The minimum Gasteiger partial charge on any atom is -0.507 e. The van der Waals surface area contributed by atoms with Crippen LogP contribution in [0, 0.1) is 13.8 Å². The lowest BCUT2D eigenvalue weighted by atomic mass is 9.71. The molecule has 42 heavy (non-hydrogen) atoms. The predicted molar refractivity (Wildman–Crippen MR) is 151 cm³/mol. The number of phenols is 2. The van der Waals surface area contributed by atoms with Crippen LogP contribution in [0.25, 0.3) is 33.8 Å². The van der Waals surface area contributed by atoms with Crippen molar-refractivity contribution in [3.05, 3.63) is 57.9 Å². The van der Waals surface area contributed by atoms with E-state index >= 15 is 0 Å². The number of hydrogen-bond donors (Lipinski definition) is 3. The number of ketones is 2. The fourth-order valence-corrected chi connectivity index (χ4v) is 6.12.